The van der Waals surface area contributed by atoms with Crippen LogP contribution in [0.2, 0.25) is 0 Å². The van der Waals surface area contributed by atoms with Crippen molar-refractivity contribution in [2.24, 2.45) is 0 Å². The van der Waals surface area contributed by atoms with Crippen molar-refractivity contribution in [1.29, 1.82) is 0 Å². The number of benzene rings is 1. The molecule has 1 aromatic heterocycles. The minimum absolute atomic E-state index is 0.594. The fourth-order valence-corrected chi connectivity index (χ4v) is 1.96. The van der Waals surface area contributed by atoms with Gasteiger partial charge in [-0.05, 0) is 30.5 Å². The van der Waals surface area contributed by atoms with Crippen LogP contribution in [0.15, 0.2) is 47.3 Å². The van der Waals surface area contributed by atoms with Crippen LogP contribution in [0.1, 0.15) is 30.5 Å². The van der Waals surface area contributed by atoms with Gasteiger partial charge in [-0.25, -0.2) is 0 Å². The Hall–Kier alpha value is -1.54. The Balaban J connectivity index is 2.14. The molecule has 0 spiro atoms. The van der Waals surface area contributed by atoms with Gasteiger partial charge in [0.05, 0.1) is 18.1 Å². The van der Waals surface area contributed by atoms with Gasteiger partial charge < -0.3 is 9.52 Å². The molecular weight excluding hydrogens is 212 g/mol. The lowest BCUT2D eigenvalue weighted by Crippen LogP contribution is -2.23. The molecule has 1 atom stereocenters. The van der Waals surface area contributed by atoms with E-state index in [2.05, 4.69) is 31.2 Å². The molecule has 90 valence electrons. The number of rotatable bonds is 4. The molecule has 2 rings (SSSR count). The second-order valence-electron chi connectivity index (χ2n) is 4.63. The maximum absolute atomic E-state index is 10.4. The van der Waals surface area contributed by atoms with Crippen molar-refractivity contribution >= 4 is 0 Å². The van der Waals surface area contributed by atoms with E-state index >= 15 is 0 Å². The predicted octanol–water partition coefficient (Wildman–Crippen LogP) is 3.29. The van der Waals surface area contributed by atoms with Crippen LogP contribution in [0.3, 0.4) is 0 Å². The van der Waals surface area contributed by atoms with Crippen LogP contribution in [0.4, 0.5) is 0 Å². The van der Waals surface area contributed by atoms with Gasteiger partial charge in [-0.15, -0.1) is 0 Å². The van der Waals surface area contributed by atoms with Gasteiger partial charge in [0.25, 0.3) is 0 Å². The summed E-state index contributed by atoms with van der Waals surface area (Å²) in [4.78, 5) is 0. The summed E-state index contributed by atoms with van der Waals surface area (Å²) in [6, 6.07) is 10.2. The summed E-state index contributed by atoms with van der Waals surface area (Å²) >= 11 is 0. The highest BCUT2D eigenvalue weighted by Crippen LogP contribution is 2.25. The zero-order valence-electron chi connectivity index (χ0n) is 10.3. The summed E-state index contributed by atoms with van der Waals surface area (Å²) in [5, 5.41) is 10.4. The summed E-state index contributed by atoms with van der Waals surface area (Å²) in [5.74, 6) is 0. The van der Waals surface area contributed by atoms with Gasteiger partial charge in [0.15, 0.2) is 0 Å². The molecule has 2 nitrogen and oxygen atoms in total. The van der Waals surface area contributed by atoms with Gasteiger partial charge in [0.2, 0.25) is 0 Å². The van der Waals surface area contributed by atoms with E-state index in [1.54, 1.807) is 18.6 Å². The molecule has 1 heterocycles. The summed E-state index contributed by atoms with van der Waals surface area (Å²) < 4.78 is 5.02. The smallest absolute Gasteiger partial charge is 0.0963 e. The largest absolute Gasteiger partial charge is 0.472 e. The van der Waals surface area contributed by atoms with Crippen molar-refractivity contribution < 1.29 is 9.52 Å². The van der Waals surface area contributed by atoms with Crippen LogP contribution in [-0.4, -0.2) is 5.11 Å². The van der Waals surface area contributed by atoms with E-state index in [0.717, 1.165) is 17.5 Å². The number of hydrogen-bond acceptors (Lipinski definition) is 2. The second kappa shape index (κ2) is 4.76. The van der Waals surface area contributed by atoms with E-state index in [1.807, 2.05) is 6.92 Å². The Bertz CT molecular complexity index is 452. The van der Waals surface area contributed by atoms with Crippen molar-refractivity contribution in [2.75, 3.05) is 0 Å². The SMILES string of the molecule is CCc1ccc(CC(C)(O)c2ccoc2)cc1. The van der Waals surface area contributed by atoms with Gasteiger partial charge in [-0.2, -0.15) is 0 Å². The number of hydrogen-bond donors (Lipinski definition) is 1. The molecule has 0 fully saturated rings. The second-order valence-corrected chi connectivity index (χ2v) is 4.63. The van der Waals surface area contributed by atoms with E-state index in [-0.39, 0.29) is 0 Å². The van der Waals surface area contributed by atoms with Crippen LogP contribution in [0.25, 0.3) is 0 Å². The van der Waals surface area contributed by atoms with Crippen molar-refractivity contribution in [3.8, 4) is 0 Å². The summed E-state index contributed by atoms with van der Waals surface area (Å²) in [7, 11) is 0. The van der Waals surface area contributed by atoms with Crippen molar-refractivity contribution in [3.05, 3.63) is 59.5 Å². The van der Waals surface area contributed by atoms with E-state index in [1.165, 1.54) is 5.56 Å². The molecule has 0 saturated heterocycles. The third-order valence-electron chi connectivity index (χ3n) is 3.12. The molecule has 0 bridgehead atoms. The van der Waals surface area contributed by atoms with Gasteiger partial charge >= 0.3 is 0 Å². The molecule has 0 aliphatic carbocycles. The Morgan fingerprint density at radius 2 is 1.76 bits per heavy atom. The molecule has 0 amide bonds. The monoisotopic (exact) mass is 230 g/mol. The lowest BCUT2D eigenvalue weighted by Gasteiger charge is -2.21. The van der Waals surface area contributed by atoms with E-state index < -0.39 is 5.60 Å². The van der Waals surface area contributed by atoms with Gasteiger partial charge in [-0.1, -0.05) is 31.2 Å². The summed E-state index contributed by atoms with van der Waals surface area (Å²) in [5.41, 5.74) is 2.39. The molecule has 1 N–H and O–H groups in total. The van der Waals surface area contributed by atoms with Crippen molar-refractivity contribution in [3.63, 3.8) is 0 Å². The first-order valence-corrected chi connectivity index (χ1v) is 5.94. The molecule has 0 aliphatic rings. The average Bonchev–Trinajstić information content (AvgIpc) is 2.84. The van der Waals surface area contributed by atoms with E-state index in [4.69, 9.17) is 4.42 Å². The molecule has 2 heteroatoms. The molecule has 0 radical (unpaired) electrons. The number of furan rings is 1. The predicted molar refractivity (Wildman–Crippen MR) is 67.8 cm³/mol. The fraction of sp³-hybridized carbons (Fsp3) is 0.333. The first-order valence-electron chi connectivity index (χ1n) is 5.94. The fourth-order valence-electron chi connectivity index (χ4n) is 1.96. The minimum atomic E-state index is -0.874. The van der Waals surface area contributed by atoms with Gasteiger partial charge in [0, 0.05) is 12.0 Å². The molecule has 1 unspecified atom stereocenters. The average molecular weight is 230 g/mol. The molecule has 0 aliphatic heterocycles. The van der Waals surface area contributed by atoms with Gasteiger partial charge in [0.1, 0.15) is 0 Å². The minimum Gasteiger partial charge on any atom is -0.472 e. The lowest BCUT2D eigenvalue weighted by atomic mass is 9.90. The van der Waals surface area contributed by atoms with Crippen LogP contribution < -0.4 is 0 Å². The summed E-state index contributed by atoms with van der Waals surface area (Å²) in [6.45, 7) is 3.95. The maximum Gasteiger partial charge on any atom is 0.0963 e. The number of aryl methyl sites for hydroxylation is 1. The lowest BCUT2D eigenvalue weighted by molar-refractivity contribution is 0.0570. The Labute approximate surface area is 102 Å². The highest BCUT2D eigenvalue weighted by molar-refractivity contribution is 5.26. The normalized spacial score (nSPS) is 14.5. The highest BCUT2D eigenvalue weighted by Gasteiger charge is 2.24. The van der Waals surface area contributed by atoms with Crippen LogP contribution in [0, 0.1) is 0 Å². The van der Waals surface area contributed by atoms with Crippen molar-refractivity contribution in [2.45, 2.75) is 32.3 Å². The maximum atomic E-state index is 10.4. The molecule has 2 aromatic rings. The highest BCUT2D eigenvalue weighted by atomic mass is 16.3. The third kappa shape index (κ3) is 2.77. The Morgan fingerprint density at radius 1 is 1.12 bits per heavy atom. The molecule has 0 saturated carbocycles. The first-order chi connectivity index (χ1) is 8.12. The van der Waals surface area contributed by atoms with E-state index in [0.29, 0.717) is 6.42 Å². The summed E-state index contributed by atoms with van der Waals surface area (Å²) in [6.07, 6.45) is 4.82. The molecular formula is C15H18O2. The van der Waals surface area contributed by atoms with Crippen LogP contribution in [0.5, 0.6) is 0 Å². The third-order valence-corrected chi connectivity index (χ3v) is 3.12. The standard InChI is InChI=1S/C15H18O2/c1-3-12-4-6-13(7-5-12)10-15(2,16)14-8-9-17-11-14/h4-9,11,16H,3,10H2,1-2H3. The quantitative estimate of drug-likeness (QED) is 0.874. The molecule has 1 aromatic carbocycles. The van der Waals surface area contributed by atoms with Gasteiger partial charge in [-0.3, -0.25) is 0 Å². The molecule has 17 heavy (non-hydrogen) atoms. The van der Waals surface area contributed by atoms with Crippen LogP contribution >= 0.6 is 0 Å². The Morgan fingerprint density at radius 3 is 2.29 bits per heavy atom. The number of aliphatic hydroxyl groups is 1. The van der Waals surface area contributed by atoms with E-state index in [9.17, 15) is 5.11 Å². The topological polar surface area (TPSA) is 33.4 Å². The Kier molecular flexibility index (Phi) is 3.34. The van der Waals surface area contributed by atoms with Crippen LogP contribution in [-0.2, 0) is 18.4 Å². The zero-order chi connectivity index (χ0) is 12.3. The van der Waals surface area contributed by atoms with Crippen molar-refractivity contribution in [1.82, 2.24) is 0 Å². The first kappa shape index (κ1) is 11.9. The zero-order valence-corrected chi connectivity index (χ0v) is 10.3.